The Balaban J connectivity index is 1.89. The van der Waals surface area contributed by atoms with Gasteiger partial charge in [-0.3, -0.25) is 9.59 Å². The molecule has 0 aliphatic rings. The lowest BCUT2D eigenvalue weighted by molar-refractivity contribution is -0.121. The van der Waals surface area contributed by atoms with Gasteiger partial charge in [-0.05, 0) is 42.0 Å². The molecule has 0 aliphatic heterocycles. The lowest BCUT2D eigenvalue weighted by atomic mass is 10.1. The van der Waals surface area contributed by atoms with E-state index in [4.69, 9.17) is 4.74 Å². The van der Waals surface area contributed by atoms with Crippen molar-refractivity contribution >= 4 is 23.5 Å². The Hall–Kier alpha value is -3.35. The van der Waals surface area contributed by atoms with Crippen LogP contribution in [0.2, 0.25) is 0 Å². The summed E-state index contributed by atoms with van der Waals surface area (Å²) < 4.78 is 9.76. The minimum atomic E-state index is -0.438. The Morgan fingerprint density at radius 1 is 0.964 bits per heavy atom. The number of esters is 1. The largest absolute Gasteiger partial charge is 0.497 e. The number of anilines is 1. The third-order valence-corrected chi connectivity index (χ3v) is 4.16. The molecule has 0 aliphatic carbocycles. The SMILES string of the molecule is COC(=O)c1ccc(N(CCNC(=O)Cc2ccc(OC)cc2)C(C)=O)cc1. The number of amides is 2. The molecule has 0 unspecified atom stereocenters. The normalized spacial score (nSPS) is 10.1. The molecular formula is C21H24N2O5. The van der Waals surface area contributed by atoms with Gasteiger partial charge in [-0.2, -0.15) is 0 Å². The third-order valence-electron chi connectivity index (χ3n) is 4.16. The van der Waals surface area contributed by atoms with Crippen molar-refractivity contribution in [2.75, 3.05) is 32.2 Å². The molecule has 2 aromatic rings. The van der Waals surface area contributed by atoms with Crippen molar-refractivity contribution in [2.24, 2.45) is 0 Å². The van der Waals surface area contributed by atoms with Crippen LogP contribution in [-0.2, 0) is 20.7 Å². The number of methoxy groups -OCH3 is 2. The average Bonchev–Trinajstić information content (AvgIpc) is 2.71. The highest BCUT2D eigenvalue weighted by atomic mass is 16.5. The van der Waals surface area contributed by atoms with E-state index in [1.807, 2.05) is 12.1 Å². The smallest absolute Gasteiger partial charge is 0.337 e. The highest BCUT2D eigenvalue weighted by Gasteiger charge is 2.13. The van der Waals surface area contributed by atoms with Crippen LogP contribution in [0.5, 0.6) is 5.75 Å². The van der Waals surface area contributed by atoms with Gasteiger partial charge in [-0.25, -0.2) is 4.79 Å². The first-order valence-electron chi connectivity index (χ1n) is 8.80. The number of carbonyl (C=O) groups is 3. The summed E-state index contributed by atoms with van der Waals surface area (Å²) in [6.45, 7) is 2.09. The van der Waals surface area contributed by atoms with E-state index in [9.17, 15) is 14.4 Å². The summed E-state index contributed by atoms with van der Waals surface area (Å²) >= 11 is 0. The van der Waals surface area contributed by atoms with Gasteiger partial charge < -0.3 is 19.7 Å². The fourth-order valence-electron chi connectivity index (χ4n) is 2.66. The molecule has 0 spiro atoms. The van der Waals surface area contributed by atoms with Crippen LogP contribution in [0.15, 0.2) is 48.5 Å². The summed E-state index contributed by atoms with van der Waals surface area (Å²) in [5.74, 6) is 0.0103. The third kappa shape index (κ3) is 5.84. The fourth-order valence-corrected chi connectivity index (χ4v) is 2.66. The van der Waals surface area contributed by atoms with E-state index in [-0.39, 0.29) is 18.2 Å². The van der Waals surface area contributed by atoms with Gasteiger partial charge in [0.25, 0.3) is 0 Å². The lowest BCUT2D eigenvalue weighted by Crippen LogP contribution is -2.38. The fraction of sp³-hybridized carbons (Fsp3) is 0.286. The van der Waals surface area contributed by atoms with E-state index in [1.54, 1.807) is 43.5 Å². The standard InChI is InChI=1S/C21H24N2O5/c1-15(24)23(18-8-6-17(7-9-18)21(26)28-3)13-12-22-20(25)14-16-4-10-19(27-2)11-5-16/h4-11H,12-14H2,1-3H3,(H,22,25). The van der Waals surface area contributed by atoms with Crippen LogP contribution in [0.4, 0.5) is 5.69 Å². The van der Waals surface area contributed by atoms with Crippen molar-refractivity contribution in [3.8, 4) is 5.75 Å². The second-order valence-corrected chi connectivity index (χ2v) is 6.08. The van der Waals surface area contributed by atoms with E-state index < -0.39 is 5.97 Å². The Bertz CT molecular complexity index is 816. The number of hydrogen-bond donors (Lipinski definition) is 1. The summed E-state index contributed by atoms with van der Waals surface area (Å²) in [4.78, 5) is 37.1. The van der Waals surface area contributed by atoms with Gasteiger partial charge in [0.05, 0.1) is 26.2 Å². The van der Waals surface area contributed by atoms with Gasteiger partial charge in [0, 0.05) is 25.7 Å². The number of nitrogens with zero attached hydrogens (tertiary/aromatic N) is 1. The summed E-state index contributed by atoms with van der Waals surface area (Å²) in [7, 11) is 2.90. The number of carbonyl (C=O) groups excluding carboxylic acids is 3. The Morgan fingerprint density at radius 3 is 2.14 bits per heavy atom. The van der Waals surface area contributed by atoms with Crippen molar-refractivity contribution < 1.29 is 23.9 Å². The lowest BCUT2D eigenvalue weighted by Gasteiger charge is -2.21. The van der Waals surface area contributed by atoms with Crippen LogP contribution in [0, 0.1) is 0 Å². The Morgan fingerprint density at radius 2 is 1.61 bits per heavy atom. The zero-order valence-electron chi connectivity index (χ0n) is 16.2. The molecular weight excluding hydrogens is 360 g/mol. The van der Waals surface area contributed by atoms with Crippen molar-refractivity contribution in [3.63, 3.8) is 0 Å². The molecule has 2 aromatic carbocycles. The molecule has 0 saturated carbocycles. The van der Waals surface area contributed by atoms with Gasteiger partial charge in [0.15, 0.2) is 0 Å². The molecule has 0 bridgehead atoms. The predicted molar refractivity (Wildman–Crippen MR) is 106 cm³/mol. The topological polar surface area (TPSA) is 84.9 Å². The van der Waals surface area contributed by atoms with Gasteiger partial charge >= 0.3 is 5.97 Å². The summed E-state index contributed by atoms with van der Waals surface area (Å²) in [6, 6.07) is 13.8. The molecule has 28 heavy (non-hydrogen) atoms. The van der Waals surface area contributed by atoms with Crippen LogP contribution >= 0.6 is 0 Å². The second-order valence-electron chi connectivity index (χ2n) is 6.08. The van der Waals surface area contributed by atoms with Crippen molar-refractivity contribution in [3.05, 3.63) is 59.7 Å². The van der Waals surface area contributed by atoms with Crippen LogP contribution in [-0.4, -0.2) is 45.1 Å². The maximum atomic E-state index is 12.1. The van der Waals surface area contributed by atoms with Crippen LogP contribution in [0.3, 0.4) is 0 Å². The zero-order chi connectivity index (χ0) is 20.5. The van der Waals surface area contributed by atoms with Gasteiger partial charge in [0.2, 0.25) is 11.8 Å². The summed E-state index contributed by atoms with van der Waals surface area (Å²) in [6.07, 6.45) is 0.248. The molecule has 148 valence electrons. The van der Waals surface area contributed by atoms with Crippen LogP contribution < -0.4 is 15.0 Å². The van der Waals surface area contributed by atoms with Crippen molar-refractivity contribution in [1.82, 2.24) is 5.32 Å². The number of benzene rings is 2. The van der Waals surface area contributed by atoms with E-state index in [1.165, 1.54) is 18.9 Å². The molecule has 0 aromatic heterocycles. The van der Waals surface area contributed by atoms with E-state index in [0.29, 0.717) is 24.3 Å². The Kier molecular flexibility index (Phi) is 7.56. The monoisotopic (exact) mass is 384 g/mol. The molecule has 2 amide bonds. The first kappa shape index (κ1) is 21.0. The molecule has 0 atom stereocenters. The average molecular weight is 384 g/mol. The van der Waals surface area contributed by atoms with Crippen LogP contribution in [0.1, 0.15) is 22.8 Å². The maximum Gasteiger partial charge on any atom is 0.337 e. The molecule has 0 fully saturated rings. The highest BCUT2D eigenvalue weighted by Crippen LogP contribution is 2.16. The first-order valence-corrected chi connectivity index (χ1v) is 8.80. The van der Waals surface area contributed by atoms with Crippen LogP contribution in [0.25, 0.3) is 0 Å². The first-order chi connectivity index (χ1) is 13.4. The maximum absolute atomic E-state index is 12.1. The van der Waals surface area contributed by atoms with Gasteiger partial charge in [-0.15, -0.1) is 0 Å². The number of ether oxygens (including phenoxy) is 2. The molecule has 1 N–H and O–H groups in total. The molecule has 7 heteroatoms. The molecule has 7 nitrogen and oxygen atoms in total. The summed E-state index contributed by atoms with van der Waals surface area (Å²) in [5.41, 5.74) is 1.92. The van der Waals surface area contributed by atoms with Crippen molar-refractivity contribution in [1.29, 1.82) is 0 Å². The minimum Gasteiger partial charge on any atom is -0.497 e. The Labute approximate surface area is 164 Å². The molecule has 0 heterocycles. The second kappa shape index (κ2) is 10.1. The van der Waals surface area contributed by atoms with Gasteiger partial charge in [-0.1, -0.05) is 12.1 Å². The molecule has 0 saturated heterocycles. The zero-order valence-corrected chi connectivity index (χ0v) is 16.2. The number of nitrogens with one attached hydrogen (secondary N) is 1. The number of rotatable bonds is 8. The quantitative estimate of drug-likeness (QED) is 0.706. The van der Waals surface area contributed by atoms with E-state index >= 15 is 0 Å². The highest BCUT2D eigenvalue weighted by molar-refractivity contribution is 5.93. The molecule has 0 radical (unpaired) electrons. The van der Waals surface area contributed by atoms with E-state index in [0.717, 1.165) is 11.3 Å². The summed E-state index contributed by atoms with van der Waals surface area (Å²) in [5, 5.41) is 2.82. The van der Waals surface area contributed by atoms with E-state index in [2.05, 4.69) is 10.1 Å². The van der Waals surface area contributed by atoms with Gasteiger partial charge in [0.1, 0.15) is 5.75 Å². The predicted octanol–water partition coefficient (Wildman–Crippen LogP) is 2.19. The molecule has 2 rings (SSSR count). The minimum absolute atomic E-state index is 0.130. The van der Waals surface area contributed by atoms with Crippen molar-refractivity contribution in [2.45, 2.75) is 13.3 Å². The number of hydrogen-bond acceptors (Lipinski definition) is 5.